The third kappa shape index (κ3) is 6.64. The summed E-state index contributed by atoms with van der Waals surface area (Å²) < 4.78 is 19.6. The third-order valence-corrected chi connectivity index (χ3v) is 12.7. The summed E-state index contributed by atoms with van der Waals surface area (Å²) in [5, 5.41) is 13.1. The fourth-order valence-electron chi connectivity index (χ4n) is 5.24. The quantitative estimate of drug-likeness (QED) is 0.183. The second-order valence-electron chi connectivity index (χ2n) is 10.9. The number of hydrogen-bond donors (Lipinski definition) is 1. The summed E-state index contributed by atoms with van der Waals surface area (Å²) in [6.45, 7) is 7.62. The van der Waals surface area contributed by atoms with Gasteiger partial charge in [-0.05, 0) is 45.9 Å². The van der Waals surface area contributed by atoms with Crippen molar-refractivity contribution in [2.45, 2.75) is 70.0 Å². The molecule has 0 spiro atoms. The van der Waals surface area contributed by atoms with Crippen molar-refractivity contribution in [3.63, 3.8) is 0 Å². The number of aliphatic hydroxyl groups excluding tert-OH is 1. The molecular weight excluding hydrogens is 560 g/mol. The molecule has 1 fully saturated rings. The first kappa shape index (κ1) is 28.7. The molecular formula is C31H37BrO5Si. The lowest BCUT2D eigenvalue weighted by Gasteiger charge is -2.45. The predicted molar refractivity (Wildman–Crippen MR) is 156 cm³/mol. The number of carbonyl (C=O) groups excluding carboxylic acids is 1. The van der Waals surface area contributed by atoms with Crippen LogP contribution in [0.4, 0.5) is 0 Å². The molecule has 0 amide bonds. The Morgan fingerprint density at radius 1 is 0.974 bits per heavy atom. The van der Waals surface area contributed by atoms with E-state index in [0.29, 0.717) is 26.1 Å². The fourth-order valence-corrected chi connectivity index (χ4v) is 10.2. The molecule has 1 heterocycles. The number of benzene rings is 3. The Morgan fingerprint density at radius 3 is 2.11 bits per heavy atom. The van der Waals surface area contributed by atoms with Crippen LogP contribution in [0.1, 0.15) is 45.6 Å². The van der Waals surface area contributed by atoms with Crippen LogP contribution in [0, 0.1) is 0 Å². The first-order valence-electron chi connectivity index (χ1n) is 13.2. The number of halogens is 1. The minimum absolute atomic E-state index is 0.131. The topological polar surface area (TPSA) is 65.0 Å². The van der Waals surface area contributed by atoms with Gasteiger partial charge in [-0.1, -0.05) is 109 Å². The maximum absolute atomic E-state index is 12.5. The summed E-state index contributed by atoms with van der Waals surface area (Å²) >= 11 is 3.44. The van der Waals surface area contributed by atoms with Gasteiger partial charge >= 0.3 is 5.97 Å². The van der Waals surface area contributed by atoms with Crippen LogP contribution in [-0.4, -0.2) is 44.3 Å². The van der Waals surface area contributed by atoms with Crippen LogP contribution >= 0.6 is 15.9 Å². The molecule has 0 unspecified atom stereocenters. The summed E-state index contributed by atoms with van der Waals surface area (Å²) in [6, 6.07) is 28.6. The van der Waals surface area contributed by atoms with Crippen LogP contribution in [0.15, 0.2) is 89.4 Å². The van der Waals surface area contributed by atoms with Crippen LogP contribution in [0.2, 0.25) is 5.04 Å². The third-order valence-electron chi connectivity index (χ3n) is 7.10. The van der Waals surface area contributed by atoms with Crippen molar-refractivity contribution in [1.82, 2.24) is 0 Å². The maximum Gasteiger partial charge on any atom is 0.308 e. The van der Waals surface area contributed by atoms with Gasteiger partial charge in [-0.15, -0.1) is 0 Å². The molecule has 1 aliphatic heterocycles. The Balaban J connectivity index is 1.48. The number of ether oxygens (including phenoxy) is 2. The number of cyclic esters (lactones) is 1. The zero-order valence-corrected chi connectivity index (χ0v) is 24.9. The number of carbonyl (C=O) groups is 1. The van der Waals surface area contributed by atoms with E-state index >= 15 is 0 Å². The van der Waals surface area contributed by atoms with Crippen molar-refractivity contribution in [2.24, 2.45) is 0 Å². The van der Waals surface area contributed by atoms with Gasteiger partial charge in [0.2, 0.25) is 0 Å². The highest BCUT2D eigenvalue weighted by Crippen LogP contribution is 2.39. The number of hydrogen-bond acceptors (Lipinski definition) is 5. The Morgan fingerprint density at radius 2 is 1.55 bits per heavy atom. The van der Waals surface area contributed by atoms with Crippen LogP contribution < -0.4 is 10.4 Å². The molecule has 7 heteroatoms. The highest BCUT2D eigenvalue weighted by atomic mass is 79.9. The van der Waals surface area contributed by atoms with Crippen molar-refractivity contribution in [1.29, 1.82) is 0 Å². The molecule has 1 N–H and O–H groups in total. The van der Waals surface area contributed by atoms with Crippen LogP contribution in [0.5, 0.6) is 0 Å². The number of esters is 1. The first-order chi connectivity index (χ1) is 18.2. The predicted octanol–water partition coefficient (Wildman–Crippen LogP) is 5.37. The second-order valence-corrected chi connectivity index (χ2v) is 16.0. The lowest BCUT2D eigenvalue weighted by Crippen LogP contribution is -2.68. The van der Waals surface area contributed by atoms with E-state index in [2.05, 4.69) is 61.0 Å². The molecule has 3 aromatic carbocycles. The molecule has 3 atom stereocenters. The molecule has 1 saturated heterocycles. The molecule has 38 heavy (non-hydrogen) atoms. The van der Waals surface area contributed by atoms with Gasteiger partial charge in [0.25, 0.3) is 8.32 Å². The van der Waals surface area contributed by atoms with Gasteiger partial charge in [-0.25, -0.2) is 0 Å². The summed E-state index contributed by atoms with van der Waals surface area (Å²) in [5.74, 6) is -0.330. The summed E-state index contributed by atoms with van der Waals surface area (Å²) in [6.07, 6.45) is -0.841. The molecule has 202 valence electrons. The smallest absolute Gasteiger partial charge is 0.308 e. The number of aliphatic hydroxyl groups is 1. The average molecular weight is 598 g/mol. The fraction of sp³-hybridized carbons (Fsp3) is 0.387. The zero-order valence-electron chi connectivity index (χ0n) is 22.3. The first-order valence-corrected chi connectivity index (χ1v) is 15.9. The van der Waals surface area contributed by atoms with Gasteiger partial charge in [-0.2, -0.15) is 0 Å². The minimum Gasteiger partial charge on any atom is -0.457 e. The lowest BCUT2D eigenvalue weighted by molar-refractivity contribution is -0.146. The van der Waals surface area contributed by atoms with E-state index in [-0.39, 0.29) is 17.4 Å². The molecule has 0 aliphatic carbocycles. The molecule has 5 nitrogen and oxygen atoms in total. The molecule has 0 saturated carbocycles. The van der Waals surface area contributed by atoms with Gasteiger partial charge in [0.05, 0.1) is 25.2 Å². The van der Waals surface area contributed by atoms with Crippen molar-refractivity contribution in [3.8, 4) is 0 Å². The Labute approximate surface area is 235 Å². The highest BCUT2D eigenvalue weighted by Gasteiger charge is 2.54. The van der Waals surface area contributed by atoms with Crippen LogP contribution in [0.25, 0.3) is 0 Å². The Kier molecular flexibility index (Phi) is 9.60. The Hall–Kier alpha value is -2.29. The summed E-state index contributed by atoms with van der Waals surface area (Å²) in [4.78, 5) is 12.5. The van der Waals surface area contributed by atoms with E-state index < -0.39 is 26.6 Å². The van der Waals surface area contributed by atoms with Crippen molar-refractivity contribution < 1.29 is 23.8 Å². The summed E-state index contributed by atoms with van der Waals surface area (Å²) in [7, 11) is -2.89. The van der Waals surface area contributed by atoms with E-state index in [1.165, 1.54) is 0 Å². The van der Waals surface area contributed by atoms with E-state index in [1.807, 2.05) is 60.7 Å². The monoisotopic (exact) mass is 596 g/mol. The SMILES string of the molecule is CC(C)(C)[Si](O[C@H]1CC(=O)O[C@@H]1[C@H](O)CCCOCc1ccc(Br)cc1)(c1ccccc1)c1ccccc1. The minimum atomic E-state index is -2.89. The van der Waals surface area contributed by atoms with Gasteiger partial charge in [0, 0.05) is 11.1 Å². The van der Waals surface area contributed by atoms with Crippen molar-refractivity contribution in [3.05, 3.63) is 95.0 Å². The van der Waals surface area contributed by atoms with E-state index in [4.69, 9.17) is 13.9 Å². The number of rotatable bonds is 11. The van der Waals surface area contributed by atoms with E-state index in [1.54, 1.807) is 0 Å². The van der Waals surface area contributed by atoms with Crippen molar-refractivity contribution in [2.75, 3.05) is 6.61 Å². The van der Waals surface area contributed by atoms with Gasteiger partial charge in [-0.3, -0.25) is 4.79 Å². The van der Waals surface area contributed by atoms with E-state index in [9.17, 15) is 9.90 Å². The second kappa shape index (κ2) is 12.7. The van der Waals surface area contributed by atoms with Crippen LogP contribution in [-0.2, 0) is 25.3 Å². The molecule has 3 aromatic rings. The largest absolute Gasteiger partial charge is 0.457 e. The van der Waals surface area contributed by atoms with Crippen LogP contribution in [0.3, 0.4) is 0 Å². The molecule has 0 radical (unpaired) electrons. The summed E-state index contributed by atoms with van der Waals surface area (Å²) in [5.41, 5.74) is 1.09. The molecule has 0 aromatic heterocycles. The molecule has 4 rings (SSSR count). The molecule has 0 bridgehead atoms. The standard InChI is InChI=1S/C31H37BrO5Si/c1-31(2,3)38(25-11-6-4-7-12-25,26-13-8-5-9-14-26)37-28-21-29(34)36-30(28)27(33)15-10-20-35-22-23-16-18-24(32)19-17-23/h4-9,11-14,16-19,27-28,30,33H,10,15,20-22H2,1-3H3/t27-,28+,30-/m1/s1. The van der Waals surface area contributed by atoms with Gasteiger partial charge in [0.15, 0.2) is 6.10 Å². The zero-order chi connectivity index (χ0) is 27.2. The van der Waals surface area contributed by atoms with E-state index in [0.717, 1.165) is 20.4 Å². The molecule has 1 aliphatic rings. The van der Waals surface area contributed by atoms with Crippen molar-refractivity contribution >= 4 is 40.6 Å². The highest BCUT2D eigenvalue weighted by molar-refractivity contribution is 9.10. The lowest BCUT2D eigenvalue weighted by atomic mass is 10.0. The average Bonchev–Trinajstić information content (AvgIpc) is 3.28. The normalized spacial score (nSPS) is 18.8. The van der Waals surface area contributed by atoms with Gasteiger partial charge < -0.3 is 19.0 Å². The van der Waals surface area contributed by atoms with Gasteiger partial charge in [0.1, 0.15) is 0 Å². The maximum atomic E-state index is 12.5. The Bertz CT molecular complexity index is 1120.